The van der Waals surface area contributed by atoms with Crippen LogP contribution in [-0.2, 0) is 4.79 Å². The van der Waals surface area contributed by atoms with Crippen molar-refractivity contribution in [2.24, 2.45) is 5.92 Å². The number of nitrogens with one attached hydrogen (secondary N) is 1. The Labute approximate surface area is 111 Å². The molecule has 5 heteroatoms. The van der Waals surface area contributed by atoms with E-state index in [0.29, 0.717) is 23.8 Å². The molecule has 0 saturated carbocycles. The van der Waals surface area contributed by atoms with Crippen LogP contribution in [0.25, 0.3) is 0 Å². The van der Waals surface area contributed by atoms with Crippen molar-refractivity contribution >= 4 is 11.6 Å². The third-order valence-corrected chi connectivity index (χ3v) is 4.01. The summed E-state index contributed by atoms with van der Waals surface area (Å²) in [7, 11) is 1.54. The Morgan fingerprint density at radius 3 is 3.11 bits per heavy atom. The van der Waals surface area contributed by atoms with Crippen molar-refractivity contribution in [3.63, 3.8) is 0 Å². The Morgan fingerprint density at radius 2 is 2.32 bits per heavy atom. The van der Waals surface area contributed by atoms with Crippen molar-refractivity contribution in [1.29, 1.82) is 0 Å². The molecule has 2 aliphatic heterocycles. The number of benzene rings is 1. The smallest absolute Gasteiger partial charge is 0.227 e. The van der Waals surface area contributed by atoms with E-state index in [9.17, 15) is 9.18 Å². The van der Waals surface area contributed by atoms with Gasteiger partial charge in [0.15, 0.2) is 0 Å². The summed E-state index contributed by atoms with van der Waals surface area (Å²) in [5.41, 5.74) is 0.557. The monoisotopic (exact) mass is 264 g/mol. The molecule has 2 heterocycles. The summed E-state index contributed by atoms with van der Waals surface area (Å²) >= 11 is 0. The summed E-state index contributed by atoms with van der Waals surface area (Å²) in [5.74, 6) is 0.576. The molecule has 19 heavy (non-hydrogen) atoms. The molecule has 1 aromatic rings. The number of amides is 1. The van der Waals surface area contributed by atoms with Crippen LogP contribution in [0, 0.1) is 11.7 Å². The van der Waals surface area contributed by atoms with Crippen LogP contribution in [0.3, 0.4) is 0 Å². The number of nitrogens with zero attached hydrogens (tertiary/aromatic N) is 1. The number of carbonyl (C=O) groups is 1. The zero-order valence-corrected chi connectivity index (χ0v) is 10.9. The van der Waals surface area contributed by atoms with E-state index in [4.69, 9.17) is 4.74 Å². The van der Waals surface area contributed by atoms with Gasteiger partial charge in [-0.15, -0.1) is 0 Å². The van der Waals surface area contributed by atoms with Crippen molar-refractivity contribution in [2.75, 3.05) is 25.1 Å². The van der Waals surface area contributed by atoms with E-state index in [2.05, 4.69) is 5.32 Å². The Morgan fingerprint density at radius 1 is 1.47 bits per heavy atom. The van der Waals surface area contributed by atoms with Crippen molar-refractivity contribution < 1.29 is 13.9 Å². The molecule has 1 aromatic carbocycles. The fourth-order valence-electron chi connectivity index (χ4n) is 3.13. The second-order valence-electron chi connectivity index (χ2n) is 5.10. The molecule has 2 fully saturated rings. The zero-order valence-electron chi connectivity index (χ0n) is 10.9. The van der Waals surface area contributed by atoms with Gasteiger partial charge in [-0.25, -0.2) is 4.39 Å². The first kappa shape index (κ1) is 12.4. The molecule has 4 nitrogen and oxygen atoms in total. The van der Waals surface area contributed by atoms with Gasteiger partial charge in [-0.05, 0) is 25.1 Å². The molecule has 1 amide bonds. The summed E-state index contributed by atoms with van der Waals surface area (Å²) < 4.78 is 18.7. The number of rotatable bonds is 2. The summed E-state index contributed by atoms with van der Waals surface area (Å²) in [6, 6.07) is 4.47. The lowest BCUT2D eigenvalue weighted by Crippen LogP contribution is -2.44. The number of hydrogen-bond donors (Lipinski definition) is 1. The lowest BCUT2D eigenvalue weighted by atomic mass is 9.94. The molecule has 1 N–H and O–H groups in total. The van der Waals surface area contributed by atoms with E-state index in [1.807, 2.05) is 0 Å². The van der Waals surface area contributed by atoms with Gasteiger partial charge < -0.3 is 15.0 Å². The number of fused-ring (bicyclic) bond motifs is 1. The second-order valence-corrected chi connectivity index (χ2v) is 5.10. The minimum Gasteiger partial charge on any atom is -0.495 e. The van der Waals surface area contributed by atoms with Gasteiger partial charge in [-0.3, -0.25) is 4.79 Å². The number of ether oxygens (including phenoxy) is 1. The van der Waals surface area contributed by atoms with Crippen molar-refractivity contribution in [2.45, 2.75) is 18.9 Å². The molecule has 2 unspecified atom stereocenters. The predicted octanol–water partition coefficient (Wildman–Crippen LogP) is 1.55. The molecule has 0 aliphatic carbocycles. The first-order valence-corrected chi connectivity index (χ1v) is 6.57. The first-order valence-electron chi connectivity index (χ1n) is 6.57. The molecule has 3 rings (SSSR count). The number of hydrogen-bond acceptors (Lipinski definition) is 3. The number of piperidine rings is 1. The maximum atomic E-state index is 13.5. The summed E-state index contributed by atoms with van der Waals surface area (Å²) in [6.07, 6.45) is 1.42. The standard InChI is InChI=1S/C14H17FN2O2/c1-19-13-3-2-10(15)7-12(13)17-11-4-5-16-8-9(11)6-14(17)18/h2-3,7,9,11,16H,4-6,8H2,1H3. The number of methoxy groups -OCH3 is 1. The van der Waals surface area contributed by atoms with Gasteiger partial charge in [-0.2, -0.15) is 0 Å². The molecule has 0 bridgehead atoms. The highest BCUT2D eigenvalue weighted by Gasteiger charge is 2.42. The number of halogens is 1. The van der Waals surface area contributed by atoms with E-state index in [1.165, 1.54) is 19.2 Å². The second kappa shape index (κ2) is 4.81. The highest BCUT2D eigenvalue weighted by molar-refractivity contribution is 5.98. The Bertz CT molecular complexity index is 506. The van der Waals surface area contributed by atoms with E-state index in [-0.39, 0.29) is 17.8 Å². The van der Waals surface area contributed by atoms with E-state index < -0.39 is 0 Å². The van der Waals surface area contributed by atoms with Crippen LogP contribution in [0.5, 0.6) is 5.75 Å². The predicted molar refractivity (Wildman–Crippen MR) is 69.8 cm³/mol. The van der Waals surface area contributed by atoms with Crippen LogP contribution >= 0.6 is 0 Å². The van der Waals surface area contributed by atoms with Crippen LogP contribution in [0.2, 0.25) is 0 Å². The van der Waals surface area contributed by atoms with Crippen LogP contribution < -0.4 is 15.0 Å². The van der Waals surface area contributed by atoms with Crippen molar-refractivity contribution in [1.82, 2.24) is 5.32 Å². The minimum atomic E-state index is -0.346. The molecule has 2 atom stereocenters. The molecule has 2 aliphatic rings. The Hall–Kier alpha value is -1.62. The zero-order chi connectivity index (χ0) is 13.4. The fraction of sp³-hybridized carbons (Fsp3) is 0.500. The highest BCUT2D eigenvalue weighted by Crippen LogP contribution is 2.38. The number of anilines is 1. The van der Waals surface area contributed by atoms with Gasteiger partial charge in [0.05, 0.1) is 12.8 Å². The number of carbonyl (C=O) groups excluding carboxylic acids is 1. The topological polar surface area (TPSA) is 41.6 Å². The fourth-order valence-corrected chi connectivity index (χ4v) is 3.13. The molecular weight excluding hydrogens is 247 g/mol. The summed E-state index contributed by atoms with van der Waals surface area (Å²) in [5, 5.41) is 3.30. The molecule has 0 radical (unpaired) electrons. The normalized spacial score (nSPS) is 26.4. The quantitative estimate of drug-likeness (QED) is 0.881. The molecule has 0 spiro atoms. The highest BCUT2D eigenvalue weighted by atomic mass is 19.1. The molecule has 2 saturated heterocycles. The van der Waals surface area contributed by atoms with Gasteiger partial charge in [0.2, 0.25) is 5.91 Å². The van der Waals surface area contributed by atoms with Gasteiger partial charge in [0.25, 0.3) is 0 Å². The third-order valence-electron chi connectivity index (χ3n) is 4.01. The van der Waals surface area contributed by atoms with Crippen molar-refractivity contribution in [3.05, 3.63) is 24.0 Å². The SMILES string of the molecule is COc1ccc(F)cc1N1C(=O)CC2CNCCC21. The van der Waals surface area contributed by atoms with E-state index in [1.54, 1.807) is 11.0 Å². The lowest BCUT2D eigenvalue weighted by Gasteiger charge is -2.32. The lowest BCUT2D eigenvalue weighted by molar-refractivity contribution is -0.117. The van der Waals surface area contributed by atoms with Crippen LogP contribution in [0.15, 0.2) is 18.2 Å². The summed E-state index contributed by atoms with van der Waals surface area (Å²) in [4.78, 5) is 14.0. The van der Waals surface area contributed by atoms with Gasteiger partial charge >= 0.3 is 0 Å². The first-order chi connectivity index (χ1) is 9.20. The van der Waals surface area contributed by atoms with Crippen LogP contribution in [-0.4, -0.2) is 32.1 Å². The van der Waals surface area contributed by atoms with Crippen LogP contribution in [0.4, 0.5) is 10.1 Å². The van der Waals surface area contributed by atoms with Gasteiger partial charge in [-0.1, -0.05) is 0 Å². The third kappa shape index (κ3) is 2.08. The maximum absolute atomic E-state index is 13.5. The Balaban J connectivity index is 2.00. The average molecular weight is 264 g/mol. The largest absolute Gasteiger partial charge is 0.495 e. The van der Waals surface area contributed by atoms with E-state index in [0.717, 1.165) is 19.5 Å². The minimum absolute atomic E-state index is 0.0580. The molecule has 102 valence electrons. The van der Waals surface area contributed by atoms with Gasteiger partial charge in [0, 0.05) is 31.0 Å². The van der Waals surface area contributed by atoms with Gasteiger partial charge in [0.1, 0.15) is 11.6 Å². The average Bonchev–Trinajstić information content (AvgIpc) is 2.74. The van der Waals surface area contributed by atoms with Crippen molar-refractivity contribution in [3.8, 4) is 5.75 Å². The molecule has 0 aromatic heterocycles. The van der Waals surface area contributed by atoms with Crippen LogP contribution in [0.1, 0.15) is 12.8 Å². The molecular formula is C14H17FN2O2. The van der Waals surface area contributed by atoms with E-state index >= 15 is 0 Å². The summed E-state index contributed by atoms with van der Waals surface area (Å²) in [6.45, 7) is 1.74. The Kier molecular flexibility index (Phi) is 3.14. The maximum Gasteiger partial charge on any atom is 0.227 e.